The zero-order valence-electron chi connectivity index (χ0n) is 9.65. The first-order valence-electron chi connectivity index (χ1n) is 5.97. The van der Waals surface area contributed by atoms with E-state index in [2.05, 4.69) is 18.0 Å². The second-order valence-electron chi connectivity index (χ2n) is 4.16. The molecule has 1 aromatic heterocycles. The largest absolute Gasteiger partial charge is 0.328 e. The fourth-order valence-corrected chi connectivity index (χ4v) is 1.73. The molecule has 15 heavy (non-hydrogen) atoms. The van der Waals surface area contributed by atoms with Crippen molar-refractivity contribution in [2.75, 3.05) is 0 Å². The fourth-order valence-electron chi connectivity index (χ4n) is 1.73. The van der Waals surface area contributed by atoms with E-state index in [1.165, 1.54) is 31.2 Å². The normalized spacial score (nSPS) is 12.7. The average Bonchev–Trinajstić information content (AvgIpc) is 2.28. The summed E-state index contributed by atoms with van der Waals surface area (Å²) in [5.74, 6) is 0. The Morgan fingerprint density at radius 1 is 1.33 bits per heavy atom. The first kappa shape index (κ1) is 12.2. The number of aryl methyl sites for hydroxylation is 1. The van der Waals surface area contributed by atoms with Crippen molar-refractivity contribution in [1.82, 2.24) is 4.98 Å². The van der Waals surface area contributed by atoms with Gasteiger partial charge in [0.05, 0.1) is 0 Å². The molecule has 0 saturated heterocycles. The highest BCUT2D eigenvalue weighted by atomic mass is 14.6. The van der Waals surface area contributed by atoms with Gasteiger partial charge in [0, 0.05) is 18.4 Å². The van der Waals surface area contributed by atoms with Crippen LogP contribution < -0.4 is 5.73 Å². The van der Waals surface area contributed by atoms with Crippen LogP contribution in [0.5, 0.6) is 0 Å². The van der Waals surface area contributed by atoms with Crippen LogP contribution in [0.25, 0.3) is 0 Å². The van der Waals surface area contributed by atoms with Crippen LogP contribution in [0.1, 0.15) is 44.6 Å². The molecule has 0 bridgehead atoms. The third-order valence-corrected chi connectivity index (χ3v) is 2.69. The fraction of sp³-hybridized carbons (Fsp3) is 0.615. The Hall–Kier alpha value is -0.890. The minimum atomic E-state index is 0.390. The minimum Gasteiger partial charge on any atom is -0.328 e. The molecular formula is C13H22N2. The standard InChI is InChI=1S/C13H22N2/c1-2-3-8-13(14)9-4-6-12-7-5-10-15-11-12/h5,7,10-11,13H,2-4,6,8-9,14H2,1H3/t13-/m1/s1. The van der Waals surface area contributed by atoms with Crippen LogP contribution in [0.3, 0.4) is 0 Å². The molecule has 0 fully saturated rings. The van der Waals surface area contributed by atoms with Gasteiger partial charge in [0.1, 0.15) is 0 Å². The summed E-state index contributed by atoms with van der Waals surface area (Å²) in [6, 6.07) is 4.51. The van der Waals surface area contributed by atoms with Crippen molar-refractivity contribution in [2.24, 2.45) is 5.73 Å². The number of hydrogen-bond donors (Lipinski definition) is 1. The number of nitrogens with two attached hydrogens (primary N) is 1. The van der Waals surface area contributed by atoms with Crippen LogP contribution in [0, 0.1) is 0 Å². The Morgan fingerprint density at radius 3 is 2.80 bits per heavy atom. The first-order chi connectivity index (χ1) is 7.33. The lowest BCUT2D eigenvalue weighted by atomic mass is 10.0. The van der Waals surface area contributed by atoms with Crippen molar-refractivity contribution < 1.29 is 0 Å². The van der Waals surface area contributed by atoms with Gasteiger partial charge in [0.2, 0.25) is 0 Å². The summed E-state index contributed by atoms with van der Waals surface area (Å²) in [7, 11) is 0. The van der Waals surface area contributed by atoms with Gasteiger partial charge >= 0.3 is 0 Å². The van der Waals surface area contributed by atoms with E-state index < -0.39 is 0 Å². The zero-order chi connectivity index (χ0) is 10.9. The molecule has 0 aliphatic heterocycles. The molecular weight excluding hydrogens is 184 g/mol. The Kier molecular flexibility index (Phi) is 6.02. The van der Waals surface area contributed by atoms with Crippen molar-refractivity contribution in [3.8, 4) is 0 Å². The van der Waals surface area contributed by atoms with Crippen LogP contribution in [0.15, 0.2) is 24.5 Å². The molecule has 0 amide bonds. The molecule has 2 N–H and O–H groups in total. The second kappa shape index (κ2) is 7.41. The molecule has 84 valence electrons. The van der Waals surface area contributed by atoms with Crippen molar-refractivity contribution in [1.29, 1.82) is 0 Å². The van der Waals surface area contributed by atoms with Gasteiger partial charge in [-0.25, -0.2) is 0 Å². The van der Waals surface area contributed by atoms with E-state index in [1.54, 1.807) is 0 Å². The average molecular weight is 206 g/mol. The Labute approximate surface area is 92.9 Å². The molecule has 0 aliphatic carbocycles. The van der Waals surface area contributed by atoms with E-state index >= 15 is 0 Å². The predicted molar refractivity (Wildman–Crippen MR) is 64.7 cm³/mol. The van der Waals surface area contributed by atoms with Crippen molar-refractivity contribution in [3.05, 3.63) is 30.1 Å². The summed E-state index contributed by atoms with van der Waals surface area (Å²) in [5.41, 5.74) is 7.33. The predicted octanol–water partition coefficient (Wildman–Crippen LogP) is 2.92. The summed E-state index contributed by atoms with van der Waals surface area (Å²) in [6.45, 7) is 2.21. The Balaban J connectivity index is 2.11. The summed E-state index contributed by atoms with van der Waals surface area (Å²) >= 11 is 0. The quantitative estimate of drug-likeness (QED) is 0.745. The summed E-state index contributed by atoms with van der Waals surface area (Å²) in [6.07, 6.45) is 10.8. The minimum absolute atomic E-state index is 0.390. The molecule has 0 saturated carbocycles. The lowest BCUT2D eigenvalue weighted by Crippen LogP contribution is -2.19. The first-order valence-corrected chi connectivity index (χ1v) is 5.97. The zero-order valence-corrected chi connectivity index (χ0v) is 9.65. The van der Waals surface area contributed by atoms with Gasteiger partial charge in [0.25, 0.3) is 0 Å². The van der Waals surface area contributed by atoms with E-state index in [1.807, 2.05) is 18.5 Å². The maximum absolute atomic E-state index is 6.01. The smallest absolute Gasteiger partial charge is 0.0299 e. The SMILES string of the molecule is CCCC[C@@H](N)CCCc1cccnc1. The number of rotatable bonds is 7. The lowest BCUT2D eigenvalue weighted by Gasteiger charge is -2.10. The molecule has 1 aromatic rings. The molecule has 1 rings (SSSR count). The lowest BCUT2D eigenvalue weighted by molar-refractivity contribution is 0.523. The van der Waals surface area contributed by atoms with Gasteiger partial charge in [-0.1, -0.05) is 25.8 Å². The van der Waals surface area contributed by atoms with E-state index in [-0.39, 0.29) is 0 Å². The summed E-state index contributed by atoms with van der Waals surface area (Å²) in [4.78, 5) is 4.10. The highest BCUT2D eigenvalue weighted by Gasteiger charge is 2.01. The number of pyridine rings is 1. The van der Waals surface area contributed by atoms with Gasteiger partial charge in [-0.05, 0) is 37.3 Å². The van der Waals surface area contributed by atoms with Crippen LogP contribution in [-0.2, 0) is 6.42 Å². The van der Waals surface area contributed by atoms with E-state index in [4.69, 9.17) is 5.73 Å². The van der Waals surface area contributed by atoms with Crippen LogP contribution in [-0.4, -0.2) is 11.0 Å². The van der Waals surface area contributed by atoms with Gasteiger partial charge in [-0.15, -0.1) is 0 Å². The van der Waals surface area contributed by atoms with Gasteiger partial charge in [-0.3, -0.25) is 4.98 Å². The van der Waals surface area contributed by atoms with Crippen molar-refractivity contribution in [3.63, 3.8) is 0 Å². The van der Waals surface area contributed by atoms with Gasteiger partial charge in [-0.2, -0.15) is 0 Å². The molecule has 2 nitrogen and oxygen atoms in total. The highest BCUT2D eigenvalue weighted by Crippen LogP contribution is 2.08. The topological polar surface area (TPSA) is 38.9 Å². The molecule has 1 heterocycles. The number of hydrogen-bond acceptors (Lipinski definition) is 2. The van der Waals surface area contributed by atoms with Crippen molar-refractivity contribution >= 4 is 0 Å². The molecule has 0 aromatic carbocycles. The summed E-state index contributed by atoms with van der Waals surface area (Å²) in [5, 5.41) is 0. The number of aromatic nitrogens is 1. The monoisotopic (exact) mass is 206 g/mol. The van der Waals surface area contributed by atoms with Crippen LogP contribution in [0.4, 0.5) is 0 Å². The molecule has 2 heteroatoms. The molecule has 0 aliphatic rings. The van der Waals surface area contributed by atoms with Gasteiger partial charge < -0.3 is 5.73 Å². The third kappa shape index (κ3) is 5.53. The van der Waals surface area contributed by atoms with Crippen LogP contribution >= 0.6 is 0 Å². The molecule has 0 radical (unpaired) electrons. The van der Waals surface area contributed by atoms with Crippen LogP contribution in [0.2, 0.25) is 0 Å². The molecule has 1 atom stereocenters. The maximum Gasteiger partial charge on any atom is 0.0299 e. The summed E-state index contributed by atoms with van der Waals surface area (Å²) < 4.78 is 0. The Bertz CT molecular complexity index is 246. The van der Waals surface area contributed by atoms with E-state index in [9.17, 15) is 0 Å². The van der Waals surface area contributed by atoms with Gasteiger partial charge in [0.15, 0.2) is 0 Å². The molecule has 0 spiro atoms. The maximum atomic E-state index is 6.01. The Morgan fingerprint density at radius 2 is 2.13 bits per heavy atom. The second-order valence-corrected chi connectivity index (χ2v) is 4.16. The number of unbranched alkanes of at least 4 members (excludes halogenated alkanes) is 1. The van der Waals surface area contributed by atoms with E-state index in [0.29, 0.717) is 6.04 Å². The third-order valence-electron chi connectivity index (χ3n) is 2.69. The van der Waals surface area contributed by atoms with E-state index in [0.717, 1.165) is 12.8 Å². The number of nitrogens with zero attached hydrogens (tertiary/aromatic N) is 1. The molecule has 0 unspecified atom stereocenters. The highest BCUT2D eigenvalue weighted by molar-refractivity contribution is 5.08. The van der Waals surface area contributed by atoms with Crippen molar-refractivity contribution in [2.45, 2.75) is 51.5 Å².